The van der Waals surface area contributed by atoms with Crippen LogP contribution in [0.15, 0.2) is 12.7 Å². The molecule has 130 valence electrons. The molecule has 10 nitrogen and oxygen atoms in total. The predicted octanol–water partition coefficient (Wildman–Crippen LogP) is 0.769. The maximum atomic E-state index is 12.1. The molecule has 10 heteroatoms. The van der Waals surface area contributed by atoms with E-state index in [1.807, 2.05) is 13.8 Å². The van der Waals surface area contributed by atoms with Crippen LogP contribution in [-0.2, 0) is 15.3 Å². The lowest BCUT2D eigenvalue weighted by atomic mass is 10.0. The molecule has 0 N–H and O–H groups in total. The number of unbranched alkanes of at least 4 members (excludes halogenated alkanes) is 1. The second-order valence-corrected chi connectivity index (χ2v) is 5.91. The number of carbonyl (C=O) groups is 2. The number of Topliss-reactive ketones (excluding diaryl/α,β-unsaturated/α-hetero) is 2. The van der Waals surface area contributed by atoms with E-state index in [1.54, 1.807) is 0 Å². The minimum Gasteiger partial charge on any atom is -0.300 e. The normalized spacial score (nSPS) is 11.6. The number of hydrogen-bond acceptors (Lipinski definition) is 8. The molecule has 0 bridgehead atoms. The Kier molecular flexibility index (Phi) is 6.21. The van der Waals surface area contributed by atoms with E-state index >= 15 is 0 Å². The fraction of sp³-hybridized carbons (Fsp3) is 0.714. The standard InChI is InChI=1S/C14H22N8O2/c1-3-4-5-12(23)6-7-13(24)8-9-14(2,21-10-15-17-19-21)22-11-16-18-20-22/h10-11H,3-9H2,1-2H3. The third kappa shape index (κ3) is 4.49. The Morgan fingerprint density at radius 3 is 1.92 bits per heavy atom. The number of rotatable bonds is 11. The molecule has 0 saturated carbocycles. The molecule has 24 heavy (non-hydrogen) atoms. The summed E-state index contributed by atoms with van der Waals surface area (Å²) in [5.74, 6) is 0.182. The van der Waals surface area contributed by atoms with E-state index in [1.165, 1.54) is 22.0 Å². The van der Waals surface area contributed by atoms with Gasteiger partial charge in [0.1, 0.15) is 24.2 Å². The third-order valence-electron chi connectivity index (χ3n) is 4.05. The SMILES string of the molecule is CCCCC(=O)CCC(=O)CCC(C)(n1cnnn1)n1cnnn1. The number of aromatic nitrogens is 8. The van der Waals surface area contributed by atoms with Gasteiger partial charge in [0.15, 0.2) is 5.66 Å². The fourth-order valence-electron chi connectivity index (χ4n) is 2.38. The van der Waals surface area contributed by atoms with Gasteiger partial charge in [0.05, 0.1) is 0 Å². The van der Waals surface area contributed by atoms with Gasteiger partial charge in [-0.25, -0.2) is 9.36 Å². The molecule has 0 atom stereocenters. The molecule has 2 rings (SSSR count). The van der Waals surface area contributed by atoms with Crippen LogP contribution >= 0.6 is 0 Å². The minimum absolute atomic E-state index is 0.0345. The zero-order valence-corrected chi connectivity index (χ0v) is 14.0. The van der Waals surface area contributed by atoms with Crippen molar-refractivity contribution in [3.63, 3.8) is 0 Å². The number of hydrogen-bond donors (Lipinski definition) is 0. The number of nitrogens with zero attached hydrogens (tertiary/aromatic N) is 8. The summed E-state index contributed by atoms with van der Waals surface area (Å²) in [5, 5.41) is 22.3. The van der Waals surface area contributed by atoms with Crippen LogP contribution in [0.25, 0.3) is 0 Å². The van der Waals surface area contributed by atoms with E-state index in [0.29, 0.717) is 19.3 Å². The molecule has 0 amide bonds. The molecule has 0 unspecified atom stereocenters. The summed E-state index contributed by atoms with van der Waals surface area (Å²) in [5.41, 5.74) is -0.783. The number of tetrazole rings is 2. The maximum Gasteiger partial charge on any atom is 0.158 e. The molecule has 0 aromatic carbocycles. The van der Waals surface area contributed by atoms with Crippen LogP contribution in [0.5, 0.6) is 0 Å². The van der Waals surface area contributed by atoms with Crippen molar-refractivity contribution in [3.8, 4) is 0 Å². The van der Waals surface area contributed by atoms with Gasteiger partial charge >= 0.3 is 0 Å². The molecule has 0 aliphatic rings. The Bertz CT molecular complexity index is 604. The van der Waals surface area contributed by atoms with Crippen LogP contribution in [-0.4, -0.2) is 52.0 Å². The summed E-state index contributed by atoms with van der Waals surface area (Å²) in [6, 6.07) is 0. The molecule has 2 aromatic rings. The summed E-state index contributed by atoms with van der Waals surface area (Å²) in [4.78, 5) is 23.8. The zero-order valence-electron chi connectivity index (χ0n) is 14.0. The quantitative estimate of drug-likeness (QED) is 0.590. The summed E-state index contributed by atoms with van der Waals surface area (Å²) in [7, 11) is 0. The van der Waals surface area contributed by atoms with Crippen molar-refractivity contribution in [1.29, 1.82) is 0 Å². The van der Waals surface area contributed by atoms with Gasteiger partial charge in [0.2, 0.25) is 0 Å². The summed E-state index contributed by atoms with van der Waals surface area (Å²) < 4.78 is 3.03. The Labute approximate surface area is 139 Å². The third-order valence-corrected chi connectivity index (χ3v) is 4.05. The maximum absolute atomic E-state index is 12.1. The number of ketones is 2. The van der Waals surface area contributed by atoms with Crippen LogP contribution in [0.3, 0.4) is 0 Å². The predicted molar refractivity (Wildman–Crippen MR) is 82.7 cm³/mol. The molecule has 0 radical (unpaired) electrons. The first kappa shape index (κ1) is 17.8. The second kappa shape index (κ2) is 8.37. The Hall–Kier alpha value is -2.52. The van der Waals surface area contributed by atoms with E-state index in [4.69, 9.17) is 0 Å². The van der Waals surface area contributed by atoms with E-state index in [-0.39, 0.29) is 24.4 Å². The molecular weight excluding hydrogens is 312 g/mol. The molecular formula is C14H22N8O2. The molecule has 0 spiro atoms. The van der Waals surface area contributed by atoms with Gasteiger partial charge in [0, 0.05) is 25.7 Å². The zero-order chi connectivity index (χ0) is 17.4. The van der Waals surface area contributed by atoms with Crippen LogP contribution < -0.4 is 0 Å². The summed E-state index contributed by atoms with van der Waals surface area (Å²) >= 11 is 0. The minimum atomic E-state index is -0.783. The van der Waals surface area contributed by atoms with E-state index < -0.39 is 5.66 Å². The smallest absolute Gasteiger partial charge is 0.158 e. The summed E-state index contributed by atoms with van der Waals surface area (Å²) in [6.45, 7) is 3.89. The lowest BCUT2D eigenvalue weighted by Gasteiger charge is -2.27. The van der Waals surface area contributed by atoms with E-state index in [2.05, 4.69) is 31.1 Å². The van der Waals surface area contributed by atoms with Gasteiger partial charge in [-0.15, -0.1) is 10.2 Å². The lowest BCUT2D eigenvalue weighted by molar-refractivity contribution is -0.124. The van der Waals surface area contributed by atoms with E-state index in [9.17, 15) is 9.59 Å². The average molecular weight is 334 g/mol. The molecule has 0 aliphatic heterocycles. The Morgan fingerprint density at radius 1 is 0.917 bits per heavy atom. The topological polar surface area (TPSA) is 121 Å². The number of carbonyl (C=O) groups excluding carboxylic acids is 2. The van der Waals surface area contributed by atoms with Crippen molar-refractivity contribution in [2.75, 3.05) is 0 Å². The Morgan fingerprint density at radius 2 is 1.46 bits per heavy atom. The first-order chi connectivity index (χ1) is 11.6. The monoisotopic (exact) mass is 334 g/mol. The molecule has 2 aromatic heterocycles. The highest BCUT2D eigenvalue weighted by molar-refractivity contribution is 5.85. The van der Waals surface area contributed by atoms with Crippen LogP contribution in [0.2, 0.25) is 0 Å². The van der Waals surface area contributed by atoms with Gasteiger partial charge in [-0.05, 0) is 40.6 Å². The van der Waals surface area contributed by atoms with Crippen molar-refractivity contribution in [2.24, 2.45) is 0 Å². The highest BCUT2D eigenvalue weighted by atomic mass is 16.1. The molecule has 0 saturated heterocycles. The van der Waals surface area contributed by atoms with Crippen molar-refractivity contribution in [3.05, 3.63) is 12.7 Å². The highest BCUT2D eigenvalue weighted by Crippen LogP contribution is 2.22. The first-order valence-electron chi connectivity index (χ1n) is 8.06. The van der Waals surface area contributed by atoms with Crippen LogP contribution in [0, 0.1) is 0 Å². The average Bonchev–Trinajstić information content (AvgIpc) is 3.29. The van der Waals surface area contributed by atoms with Crippen LogP contribution in [0.1, 0.15) is 58.8 Å². The van der Waals surface area contributed by atoms with Gasteiger partial charge < -0.3 is 0 Å². The van der Waals surface area contributed by atoms with E-state index in [0.717, 1.165) is 12.8 Å². The van der Waals surface area contributed by atoms with Gasteiger partial charge in [-0.2, -0.15) is 0 Å². The van der Waals surface area contributed by atoms with Gasteiger partial charge in [-0.3, -0.25) is 9.59 Å². The fourth-order valence-corrected chi connectivity index (χ4v) is 2.38. The highest BCUT2D eigenvalue weighted by Gasteiger charge is 2.32. The van der Waals surface area contributed by atoms with Crippen molar-refractivity contribution < 1.29 is 9.59 Å². The largest absolute Gasteiger partial charge is 0.300 e. The van der Waals surface area contributed by atoms with Gasteiger partial charge in [-0.1, -0.05) is 13.3 Å². The lowest BCUT2D eigenvalue weighted by Crippen LogP contribution is -2.40. The van der Waals surface area contributed by atoms with Crippen LogP contribution in [0.4, 0.5) is 0 Å². The van der Waals surface area contributed by atoms with Gasteiger partial charge in [0.25, 0.3) is 0 Å². The molecule has 2 heterocycles. The molecule has 0 fully saturated rings. The summed E-state index contributed by atoms with van der Waals surface area (Å²) in [6.07, 6.45) is 6.62. The van der Waals surface area contributed by atoms with Crippen molar-refractivity contribution in [2.45, 2.75) is 64.5 Å². The first-order valence-corrected chi connectivity index (χ1v) is 8.06. The second-order valence-electron chi connectivity index (χ2n) is 5.91. The van der Waals surface area contributed by atoms with Crippen molar-refractivity contribution >= 4 is 11.6 Å². The Balaban J connectivity index is 1.92. The molecule has 0 aliphatic carbocycles. The van der Waals surface area contributed by atoms with Crippen molar-refractivity contribution in [1.82, 2.24) is 40.4 Å².